The van der Waals surface area contributed by atoms with Crippen LogP contribution in [0.2, 0.25) is 0 Å². The average molecular weight is 334 g/mol. The Labute approximate surface area is 97.1 Å². The molecular formula is C5H12BrF2O3PZn. The van der Waals surface area contributed by atoms with Crippen LogP contribution in [-0.2, 0) is 31.5 Å². The van der Waals surface area contributed by atoms with Crippen LogP contribution in [0, 0.1) is 0 Å². The van der Waals surface area contributed by atoms with Crippen molar-refractivity contribution in [3.05, 3.63) is 0 Å². The van der Waals surface area contributed by atoms with Gasteiger partial charge in [0.15, 0.2) is 0 Å². The average Bonchev–Trinajstić information content (AvgIpc) is 1.87. The molecule has 3 nitrogen and oxygen atoms in total. The standard InChI is InChI=1S/C4H11O3P.CF2.BrH.Zn/c1-3-6-8(5)7-4-2;2-1-3;;/h8H,3-4H2,1-2H3;;1H;. The molecule has 0 aliphatic heterocycles. The fourth-order valence-corrected chi connectivity index (χ4v) is 0.832. The molecular weight excluding hydrogens is 322 g/mol. The van der Waals surface area contributed by atoms with Crippen molar-refractivity contribution >= 4 is 29.9 Å². The molecule has 0 spiro atoms. The second kappa shape index (κ2) is 15.5. The van der Waals surface area contributed by atoms with E-state index in [0.29, 0.717) is 13.2 Å². The van der Waals surface area contributed by atoms with E-state index in [1.165, 1.54) is 0 Å². The van der Waals surface area contributed by atoms with E-state index in [4.69, 9.17) is 0 Å². The Hall–Kier alpha value is 0.983. The first-order valence-electron chi connectivity index (χ1n) is 3.34. The molecule has 0 heterocycles. The van der Waals surface area contributed by atoms with Crippen molar-refractivity contribution in [3.8, 4) is 0 Å². The summed E-state index contributed by atoms with van der Waals surface area (Å²) in [6, 6.07) is 0. The molecule has 0 bridgehead atoms. The van der Waals surface area contributed by atoms with Crippen molar-refractivity contribution in [2.24, 2.45) is 0 Å². The van der Waals surface area contributed by atoms with Crippen LogP contribution in [0.15, 0.2) is 0 Å². The first kappa shape index (κ1) is 19.5. The van der Waals surface area contributed by atoms with Gasteiger partial charge in [0, 0.05) is 0 Å². The maximum absolute atomic E-state index is 10.4. The van der Waals surface area contributed by atoms with Crippen LogP contribution in [0.4, 0.5) is 8.78 Å². The zero-order valence-corrected chi connectivity index (χ0v) is 13.2. The van der Waals surface area contributed by atoms with E-state index in [-0.39, 0.29) is 34.8 Å². The summed E-state index contributed by atoms with van der Waals surface area (Å²) in [5.74, 6) is 0. The molecule has 0 amide bonds. The van der Waals surface area contributed by atoms with Crippen molar-refractivity contribution < 1.29 is 40.2 Å². The van der Waals surface area contributed by atoms with E-state index in [2.05, 4.69) is 9.05 Å². The van der Waals surface area contributed by atoms with Gasteiger partial charge < -0.3 is 9.05 Å². The maximum atomic E-state index is 10.4. The van der Waals surface area contributed by atoms with Gasteiger partial charge in [0.2, 0.25) is 0 Å². The molecule has 0 aromatic heterocycles. The summed E-state index contributed by atoms with van der Waals surface area (Å²) in [5, 5.41) is 0. The van der Waals surface area contributed by atoms with E-state index in [9.17, 15) is 13.3 Å². The molecule has 0 rings (SSSR count). The molecule has 0 aliphatic carbocycles. The summed E-state index contributed by atoms with van der Waals surface area (Å²) in [6.45, 7) is 4.47. The molecule has 0 radical (unpaired) electrons. The first-order valence-corrected chi connectivity index (χ1v) is 6.04. The van der Waals surface area contributed by atoms with Gasteiger partial charge in [0.25, 0.3) is 0 Å². The molecule has 8 heteroatoms. The summed E-state index contributed by atoms with van der Waals surface area (Å²) in [6.07, 6.45) is 0. The van der Waals surface area contributed by atoms with Crippen LogP contribution in [-0.4, -0.2) is 17.8 Å². The first-order chi connectivity index (χ1) is 5.54. The molecule has 0 aromatic rings. The van der Waals surface area contributed by atoms with Gasteiger partial charge in [-0.1, -0.05) is 0 Å². The summed E-state index contributed by atoms with van der Waals surface area (Å²) in [4.78, 5) is 0. The van der Waals surface area contributed by atoms with Gasteiger partial charge in [0.1, 0.15) is 0 Å². The van der Waals surface area contributed by atoms with Crippen LogP contribution in [0.3, 0.4) is 0 Å². The predicted octanol–water partition coefficient (Wildman–Crippen LogP) is 2.59. The Morgan fingerprint density at radius 2 is 1.54 bits per heavy atom. The fourth-order valence-electron chi connectivity index (χ4n) is 0.277. The Balaban J connectivity index is -0.000000173. The number of rotatable bonds is 4. The van der Waals surface area contributed by atoms with Crippen LogP contribution in [0.5, 0.6) is 0 Å². The molecule has 0 saturated heterocycles. The van der Waals surface area contributed by atoms with Crippen LogP contribution < -0.4 is 0 Å². The van der Waals surface area contributed by atoms with Gasteiger partial charge in [-0.05, 0) is 13.8 Å². The summed E-state index contributed by atoms with van der Waals surface area (Å²) >= 11 is 0.0139. The van der Waals surface area contributed by atoms with Crippen molar-refractivity contribution in [2.45, 2.75) is 13.8 Å². The molecule has 0 saturated carbocycles. The van der Waals surface area contributed by atoms with E-state index in [1.807, 2.05) is 0 Å². The van der Waals surface area contributed by atoms with Crippen molar-refractivity contribution in [1.82, 2.24) is 0 Å². The molecule has 0 fully saturated rings. The Bertz CT molecular complexity index is 138. The quantitative estimate of drug-likeness (QED) is 0.586. The van der Waals surface area contributed by atoms with E-state index >= 15 is 0 Å². The summed E-state index contributed by atoms with van der Waals surface area (Å²) in [5.41, 5.74) is 0. The van der Waals surface area contributed by atoms with Gasteiger partial charge in [-0.3, -0.25) is 4.57 Å². The zero-order chi connectivity index (χ0) is 9.98. The van der Waals surface area contributed by atoms with Gasteiger partial charge in [-0.25, -0.2) is 0 Å². The summed E-state index contributed by atoms with van der Waals surface area (Å²) in [7, 11) is -2.14. The third-order valence-electron chi connectivity index (χ3n) is 0.524. The van der Waals surface area contributed by atoms with E-state index < -0.39 is 12.9 Å². The van der Waals surface area contributed by atoms with Crippen molar-refractivity contribution in [2.75, 3.05) is 13.2 Å². The SMILES string of the molecule is Br.CCO[PH](=O)OCC.F[C](F)=[Zn]. The Kier molecular flexibility index (Phi) is 23.2. The second-order valence-electron chi connectivity index (χ2n) is 1.45. The minimum absolute atomic E-state index is 0. The Morgan fingerprint density at radius 3 is 1.69 bits per heavy atom. The minimum atomic E-state index is -2.14. The normalized spacial score (nSPS) is 8.54. The van der Waals surface area contributed by atoms with E-state index in [1.54, 1.807) is 13.8 Å². The van der Waals surface area contributed by atoms with E-state index in [0.717, 1.165) is 0 Å². The third kappa shape index (κ3) is 32.1. The van der Waals surface area contributed by atoms with Crippen molar-refractivity contribution in [1.29, 1.82) is 0 Å². The Morgan fingerprint density at radius 1 is 1.31 bits per heavy atom. The van der Waals surface area contributed by atoms with Crippen LogP contribution >= 0.6 is 25.2 Å². The van der Waals surface area contributed by atoms with Gasteiger partial charge in [0.05, 0.1) is 13.2 Å². The van der Waals surface area contributed by atoms with Gasteiger partial charge >= 0.3 is 39.5 Å². The molecule has 0 atom stereocenters. The van der Waals surface area contributed by atoms with Crippen molar-refractivity contribution in [3.63, 3.8) is 0 Å². The predicted molar refractivity (Wildman–Crippen MR) is 49.8 cm³/mol. The molecule has 78 valence electrons. The molecule has 0 aliphatic rings. The topological polar surface area (TPSA) is 35.5 Å². The molecule has 13 heavy (non-hydrogen) atoms. The van der Waals surface area contributed by atoms with Gasteiger partial charge in [-0.15, -0.1) is 17.0 Å². The molecule has 0 unspecified atom stereocenters. The van der Waals surface area contributed by atoms with Crippen LogP contribution in [0.1, 0.15) is 13.8 Å². The third-order valence-corrected chi connectivity index (χ3v) is 1.57. The monoisotopic (exact) mass is 332 g/mol. The van der Waals surface area contributed by atoms with Crippen LogP contribution in [0.25, 0.3) is 0 Å². The van der Waals surface area contributed by atoms with Gasteiger partial charge in [-0.2, -0.15) is 0 Å². The molecule has 0 aromatic carbocycles. The second-order valence-corrected chi connectivity index (χ2v) is 3.65. The number of halogens is 3. The number of hydrogen-bond donors (Lipinski definition) is 0. The molecule has 0 N–H and O–H groups in total. The fraction of sp³-hybridized carbons (Fsp3) is 0.800. The number of hydrogen-bond acceptors (Lipinski definition) is 3. The summed E-state index contributed by atoms with van der Waals surface area (Å²) < 4.78 is 38.7. The zero-order valence-electron chi connectivity index (χ0n) is 7.51.